The zero-order valence-electron chi connectivity index (χ0n) is 21.9. The largest absolute Gasteiger partial charge is 0.515 e. The van der Waals surface area contributed by atoms with Crippen LogP contribution in [-0.4, -0.2) is 61.6 Å². The van der Waals surface area contributed by atoms with Gasteiger partial charge in [-0.05, 0) is 25.1 Å². The summed E-state index contributed by atoms with van der Waals surface area (Å²) in [4.78, 5) is 44.5. The van der Waals surface area contributed by atoms with E-state index in [-0.39, 0.29) is 47.9 Å². The van der Waals surface area contributed by atoms with Crippen LogP contribution in [0, 0.1) is 12.8 Å². The van der Waals surface area contributed by atoms with E-state index < -0.39 is 20.6 Å². The number of carbonyl (C=O) groups excluding carboxylic acids is 3. The summed E-state index contributed by atoms with van der Waals surface area (Å²) in [7, 11) is -2.07. The number of carbonyl (C=O) groups is 3. The molecule has 0 unspecified atom stereocenters. The van der Waals surface area contributed by atoms with Crippen LogP contribution < -0.4 is 5.32 Å². The van der Waals surface area contributed by atoms with Gasteiger partial charge >= 0.3 is 12.2 Å². The first-order valence-corrected chi connectivity index (χ1v) is 16.3. The molecule has 2 amide bonds. The summed E-state index contributed by atoms with van der Waals surface area (Å²) in [5, 5.41) is 2.59. The van der Waals surface area contributed by atoms with Gasteiger partial charge in [-0.1, -0.05) is 69.2 Å². The molecule has 0 aromatic carbocycles. The van der Waals surface area contributed by atoms with Crippen molar-refractivity contribution >= 4 is 59.6 Å². The molecule has 2 aliphatic rings. The van der Waals surface area contributed by atoms with E-state index in [1.165, 1.54) is 40.2 Å². The summed E-state index contributed by atoms with van der Waals surface area (Å²) in [5.74, 6) is -0.490. The minimum absolute atomic E-state index is 0.00483. The Bertz CT molecular complexity index is 1130. The molecule has 0 bridgehead atoms. The summed E-state index contributed by atoms with van der Waals surface area (Å²) in [6.07, 6.45) is 1.26. The van der Waals surface area contributed by atoms with Crippen LogP contribution in [0.1, 0.15) is 31.3 Å². The lowest BCUT2D eigenvalue weighted by atomic mass is 10.00. The van der Waals surface area contributed by atoms with E-state index in [4.69, 9.17) is 18.6 Å². The van der Waals surface area contributed by atoms with Crippen LogP contribution in [0.5, 0.6) is 0 Å². The summed E-state index contributed by atoms with van der Waals surface area (Å²) in [6.45, 7) is 19.8. The van der Waals surface area contributed by atoms with Gasteiger partial charge in [0, 0.05) is 6.61 Å². The molecule has 37 heavy (non-hydrogen) atoms. The van der Waals surface area contributed by atoms with Gasteiger partial charge in [-0.2, -0.15) is 0 Å². The fourth-order valence-electron chi connectivity index (χ4n) is 3.22. The second-order valence-corrected chi connectivity index (χ2v) is 16.9. The van der Waals surface area contributed by atoms with E-state index in [0.717, 1.165) is 0 Å². The summed E-state index contributed by atoms with van der Waals surface area (Å²) in [5.41, 5.74) is 0.594. The fraction of sp³-hybridized carbons (Fsp3) is 0.500. The van der Waals surface area contributed by atoms with Crippen molar-refractivity contribution in [3.05, 3.63) is 41.8 Å². The number of aryl methyl sites for hydroxylation is 1. The molecule has 0 saturated carbocycles. The Morgan fingerprint density at radius 3 is 2.46 bits per heavy atom. The number of nitrogens with one attached hydrogen (secondary N) is 1. The predicted molar refractivity (Wildman–Crippen MR) is 146 cm³/mol. The first-order chi connectivity index (χ1) is 17.3. The molecule has 2 atom stereocenters. The molecule has 1 aromatic rings. The van der Waals surface area contributed by atoms with Crippen LogP contribution >= 0.6 is 23.1 Å². The highest BCUT2D eigenvalue weighted by atomic mass is 32.2. The Labute approximate surface area is 226 Å². The van der Waals surface area contributed by atoms with Gasteiger partial charge in [0.25, 0.3) is 0 Å². The molecule has 0 spiro atoms. The summed E-state index contributed by atoms with van der Waals surface area (Å²) in [6, 6.07) is 0. The zero-order valence-corrected chi connectivity index (χ0v) is 24.5. The van der Waals surface area contributed by atoms with Crippen LogP contribution in [0.4, 0.5) is 14.7 Å². The maximum Gasteiger partial charge on any atom is 0.515 e. The first-order valence-electron chi connectivity index (χ1n) is 11.7. The summed E-state index contributed by atoms with van der Waals surface area (Å²) < 4.78 is 21.8. The Morgan fingerprint density at radius 1 is 1.19 bits per heavy atom. The lowest BCUT2D eigenvalue weighted by Gasteiger charge is -2.44. The number of hydrogen-bond donors (Lipinski definition) is 1. The number of ether oxygens (including phenoxy) is 3. The highest BCUT2D eigenvalue weighted by molar-refractivity contribution is 8.09. The van der Waals surface area contributed by atoms with E-state index in [1.807, 2.05) is 0 Å². The van der Waals surface area contributed by atoms with Crippen molar-refractivity contribution in [2.75, 3.05) is 25.1 Å². The molecule has 0 aliphatic carbocycles. The smallest absolute Gasteiger partial charge is 0.445 e. The first kappa shape index (κ1) is 29.0. The number of anilines is 1. The third-order valence-electron chi connectivity index (χ3n) is 6.28. The Balaban J connectivity index is 1.85. The number of thioether (sulfide) groups is 1. The Kier molecular flexibility index (Phi) is 8.93. The Morgan fingerprint density at radius 2 is 1.84 bits per heavy atom. The van der Waals surface area contributed by atoms with Gasteiger partial charge in [0.15, 0.2) is 13.4 Å². The van der Waals surface area contributed by atoms with Crippen molar-refractivity contribution < 1.29 is 33.0 Å². The maximum atomic E-state index is 13.2. The van der Waals surface area contributed by atoms with Crippen LogP contribution in [0.3, 0.4) is 0 Å². The molecule has 1 N–H and O–H groups in total. The van der Waals surface area contributed by atoms with Gasteiger partial charge < -0.3 is 18.6 Å². The SMILES string of the molecule is C=CCOC(=O)Nc1nc(C)c(C2=C(OC(=O)OCC=C)N3C(=O)[C@H](CO[Si](C)(C)C(C)(C)C)[C@H]3S2)s1. The number of amides is 2. The van der Waals surface area contributed by atoms with Crippen molar-refractivity contribution in [2.45, 2.75) is 51.2 Å². The molecular formula is C24H33N3O7S2Si. The topological polar surface area (TPSA) is 116 Å². The average molecular weight is 568 g/mol. The molecule has 3 heterocycles. The van der Waals surface area contributed by atoms with Crippen LogP contribution in [0.25, 0.3) is 4.91 Å². The van der Waals surface area contributed by atoms with Crippen molar-refractivity contribution in [3.8, 4) is 0 Å². The molecule has 202 valence electrons. The number of hydrogen-bond acceptors (Lipinski definition) is 10. The molecule has 1 aromatic heterocycles. The number of aromatic nitrogens is 1. The van der Waals surface area contributed by atoms with Crippen molar-refractivity contribution in [2.24, 2.45) is 5.92 Å². The molecule has 10 nitrogen and oxygen atoms in total. The number of fused-ring (bicyclic) bond motifs is 1. The molecule has 2 aliphatic heterocycles. The fourth-order valence-corrected chi connectivity index (χ4v) is 6.81. The van der Waals surface area contributed by atoms with Crippen molar-refractivity contribution in [3.63, 3.8) is 0 Å². The normalized spacial score (nSPS) is 19.2. The van der Waals surface area contributed by atoms with Gasteiger partial charge in [-0.15, -0.1) is 0 Å². The van der Waals surface area contributed by atoms with E-state index in [0.29, 0.717) is 20.6 Å². The van der Waals surface area contributed by atoms with Crippen LogP contribution in [0.2, 0.25) is 18.1 Å². The predicted octanol–water partition coefficient (Wildman–Crippen LogP) is 5.70. The third kappa shape index (κ3) is 6.28. The lowest BCUT2D eigenvalue weighted by Crippen LogP contribution is -2.59. The van der Waals surface area contributed by atoms with Gasteiger partial charge in [-0.25, -0.2) is 14.6 Å². The van der Waals surface area contributed by atoms with Gasteiger partial charge in [-0.3, -0.25) is 15.0 Å². The second kappa shape index (κ2) is 11.4. The number of rotatable bonds is 10. The lowest BCUT2D eigenvalue weighted by molar-refractivity contribution is -0.151. The molecule has 1 fully saturated rings. The molecule has 1 saturated heterocycles. The minimum Gasteiger partial charge on any atom is -0.445 e. The second-order valence-electron chi connectivity index (χ2n) is 9.93. The highest BCUT2D eigenvalue weighted by Crippen LogP contribution is 2.55. The van der Waals surface area contributed by atoms with Gasteiger partial charge in [0.1, 0.15) is 18.6 Å². The quantitative estimate of drug-likeness (QED) is 0.164. The summed E-state index contributed by atoms with van der Waals surface area (Å²) >= 11 is 2.58. The number of β-lactam (4-membered cyclic amide) rings is 1. The van der Waals surface area contributed by atoms with Crippen LogP contribution in [0.15, 0.2) is 31.2 Å². The molecule has 13 heteroatoms. The highest BCUT2D eigenvalue weighted by Gasteiger charge is 2.57. The monoisotopic (exact) mass is 567 g/mol. The molecule has 3 rings (SSSR count). The standard InChI is InChI=1S/C24H33N3O7S2Si/c1-9-11-31-22(29)26-21-25-14(3)16(36-21)17-19(34-23(30)32-12-10-2)27-18(28)15(20(27)35-17)13-33-37(7,8)24(4,5)6/h9-10,15,20H,1-2,11-13H2,3-8H3,(H,25,26,29)/t15-,20+/m0/s1. The third-order valence-corrected chi connectivity index (χ3v) is 13.4. The molecular weight excluding hydrogens is 534 g/mol. The van der Waals surface area contributed by atoms with E-state index in [9.17, 15) is 14.4 Å². The minimum atomic E-state index is -2.07. The number of nitrogens with zero attached hydrogens (tertiary/aromatic N) is 2. The van der Waals surface area contributed by atoms with E-state index in [1.54, 1.807) is 6.92 Å². The van der Waals surface area contributed by atoms with E-state index >= 15 is 0 Å². The van der Waals surface area contributed by atoms with Gasteiger partial charge in [0.05, 0.1) is 21.4 Å². The van der Waals surface area contributed by atoms with Crippen LogP contribution in [-0.2, 0) is 23.4 Å². The zero-order chi connectivity index (χ0) is 27.5. The van der Waals surface area contributed by atoms with Gasteiger partial charge in [0.2, 0.25) is 11.8 Å². The molecule has 0 radical (unpaired) electrons. The average Bonchev–Trinajstić information content (AvgIpc) is 3.32. The maximum absolute atomic E-state index is 13.2. The van der Waals surface area contributed by atoms with Crippen molar-refractivity contribution in [1.29, 1.82) is 0 Å². The number of thiazole rings is 1. The van der Waals surface area contributed by atoms with Crippen molar-refractivity contribution in [1.82, 2.24) is 9.88 Å². The van der Waals surface area contributed by atoms with E-state index in [2.05, 4.69) is 57.3 Å². The Hall–Kier alpha value is -2.61.